The van der Waals surface area contributed by atoms with Crippen LogP contribution in [0.2, 0.25) is 0 Å². The molecule has 0 aliphatic heterocycles. The summed E-state index contributed by atoms with van der Waals surface area (Å²) < 4.78 is 31.5. The largest absolute Gasteiger partial charge is 0.494 e. The highest BCUT2D eigenvalue weighted by atomic mass is 32.2. The lowest BCUT2D eigenvalue weighted by Crippen LogP contribution is -2.51. The van der Waals surface area contributed by atoms with E-state index in [0.717, 1.165) is 16.1 Å². The van der Waals surface area contributed by atoms with Crippen molar-refractivity contribution in [3.05, 3.63) is 60.2 Å². The van der Waals surface area contributed by atoms with Crippen molar-refractivity contribution in [3.8, 4) is 5.75 Å². The first-order valence-electron chi connectivity index (χ1n) is 10.5. The number of hydrogen-bond donors (Lipinski definition) is 1. The van der Waals surface area contributed by atoms with Gasteiger partial charge in [0, 0.05) is 13.6 Å². The van der Waals surface area contributed by atoms with Crippen LogP contribution in [0.5, 0.6) is 5.75 Å². The molecule has 0 aromatic heterocycles. The molecule has 0 saturated heterocycles. The minimum absolute atomic E-state index is 0.187. The summed E-state index contributed by atoms with van der Waals surface area (Å²) >= 11 is 0. The van der Waals surface area contributed by atoms with Gasteiger partial charge in [-0.25, -0.2) is 8.42 Å². The zero-order valence-corrected chi connectivity index (χ0v) is 19.8. The Morgan fingerprint density at radius 2 is 1.66 bits per heavy atom. The molecule has 1 N–H and O–H groups in total. The molecule has 0 heterocycles. The Labute approximate surface area is 190 Å². The summed E-state index contributed by atoms with van der Waals surface area (Å²) in [5, 5.41) is 2.59. The van der Waals surface area contributed by atoms with Crippen LogP contribution in [0, 0.1) is 0 Å². The first-order chi connectivity index (χ1) is 15.2. The van der Waals surface area contributed by atoms with E-state index in [1.54, 1.807) is 24.3 Å². The normalized spacial score (nSPS) is 12.0. The molecule has 2 aromatic rings. The summed E-state index contributed by atoms with van der Waals surface area (Å²) in [5.74, 6) is -0.167. The minimum atomic E-state index is -3.76. The summed E-state index contributed by atoms with van der Waals surface area (Å²) in [6.45, 7) is 3.92. The van der Waals surface area contributed by atoms with Crippen molar-refractivity contribution in [2.45, 2.75) is 32.9 Å². The molecule has 0 aliphatic rings. The van der Waals surface area contributed by atoms with Gasteiger partial charge < -0.3 is 15.0 Å². The topological polar surface area (TPSA) is 96.0 Å². The zero-order chi connectivity index (χ0) is 23.7. The predicted octanol–water partition coefficient (Wildman–Crippen LogP) is 2.40. The number of nitrogens with one attached hydrogen (secondary N) is 1. The van der Waals surface area contributed by atoms with Gasteiger partial charge in [-0.2, -0.15) is 0 Å². The van der Waals surface area contributed by atoms with E-state index in [2.05, 4.69) is 5.32 Å². The lowest BCUT2D eigenvalue weighted by atomic mass is 10.1. The molecule has 0 radical (unpaired) electrons. The van der Waals surface area contributed by atoms with E-state index in [1.807, 2.05) is 44.2 Å². The second-order valence-electron chi connectivity index (χ2n) is 7.24. The number of benzene rings is 2. The maximum absolute atomic E-state index is 13.4. The van der Waals surface area contributed by atoms with Gasteiger partial charge in [0.2, 0.25) is 21.8 Å². The molecule has 1 unspecified atom stereocenters. The van der Waals surface area contributed by atoms with Gasteiger partial charge in [0.25, 0.3) is 0 Å². The Morgan fingerprint density at radius 3 is 2.16 bits per heavy atom. The van der Waals surface area contributed by atoms with Crippen LogP contribution in [0.3, 0.4) is 0 Å². The van der Waals surface area contributed by atoms with Crippen LogP contribution in [-0.4, -0.2) is 57.6 Å². The fourth-order valence-corrected chi connectivity index (χ4v) is 4.20. The summed E-state index contributed by atoms with van der Waals surface area (Å²) in [7, 11) is -2.25. The third-order valence-electron chi connectivity index (χ3n) is 4.94. The van der Waals surface area contributed by atoms with Crippen LogP contribution in [0.4, 0.5) is 5.69 Å². The van der Waals surface area contributed by atoms with E-state index in [0.29, 0.717) is 24.5 Å². The van der Waals surface area contributed by atoms with Gasteiger partial charge in [-0.3, -0.25) is 13.9 Å². The van der Waals surface area contributed by atoms with E-state index < -0.39 is 28.5 Å². The van der Waals surface area contributed by atoms with Gasteiger partial charge in [-0.1, -0.05) is 37.3 Å². The molecule has 2 rings (SSSR count). The average Bonchev–Trinajstić information content (AvgIpc) is 2.77. The first kappa shape index (κ1) is 25.2. The van der Waals surface area contributed by atoms with E-state index in [1.165, 1.54) is 11.9 Å². The van der Waals surface area contributed by atoms with Crippen molar-refractivity contribution in [2.75, 3.05) is 30.8 Å². The molecule has 2 aromatic carbocycles. The third kappa shape index (κ3) is 6.71. The van der Waals surface area contributed by atoms with E-state index in [4.69, 9.17) is 4.74 Å². The van der Waals surface area contributed by atoms with Crippen LogP contribution in [0.1, 0.15) is 25.8 Å². The lowest BCUT2D eigenvalue weighted by Gasteiger charge is -2.32. The molecule has 2 amide bonds. The molecule has 174 valence electrons. The lowest BCUT2D eigenvalue weighted by molar-refractivity contribution is -0.140. The number of rotatable bonds is 11. The average molecular weight is 462 g/mol. The van der Waals surface area contributed by atoms with E-state index >= 15 is 0 Å². The van der Waals surface area contributed by atoms with Crippen molar-refractivity contribution in [1.82, 2.24) is 10.2 Å². The Morgan fingerprint density at radius 1 is 1.03 bits per heavy atom. The fourth-order valence-electron chi connectivity index (χ4n) is 3.36. The maximum Gasteiger partial charge on any atom is 0.244 e. The molecular formula is C23H31N3O5S. The van der Waals surface area contributed by atoms with Crippen molar-refractivity contribution in [1.29, 1.82) is 0 Å². The van der Waals surface area contributed by atoms with Crippen LogP contribution >= 0.6 is 0 Å². The van der Waals surface area contributed by atoms with Crippen LogP contribution in [0.25, 0.3) is 0 Å². The first-order valence-corrected chi connectivity index (χ1v) is 12.3. The maximum atomic E-state index is 13.4. The van der Waals surface area contributed by atoms with Crippen molar-refractivity contribution < 1.29 is 22.7 Å². The smallest absolute Gasteiger partial charge is 0.244 e. The van der Waals surface area contributed by atoms with Gasteiger partial charge in [0.15, 0.2) is 0 Å². The van der Waals surface area contributed by atoms with Crippen molar-refractivity contribution in [3.63, 3.8) is 0 Å². The molecule has 8 nitrogen and oxygen atoms in total. The summed E-state index contributed by atoms with van der Waals surface area (Å²) in [5.41, 5.74) is 1.19. The Bertz CT molecular complexity index is 994. The molecule has 0 bridgehead atoms. The van der Waals surface area contributed by atoms with Gasteiger partial charge >= 0.3 is 0 Å². The highest BCUT2D eigenvalue weighted by molar-refractivity contribution is 7.92. The molecule has 0 saturated carbocycles. The van der Waals surface area contributed by atoms with Crippen molar-refractivity contribution >= 4 is 27.5 Å². The molecule has 32 heavy (non-hydrogen) atoms. The van der Waals surface area contributed by atoms with Crippen LogP contribution in [-0.2, 0) is 26.2 Å². The second-order valence-corrected chi connectivity index (χ2v) is 9.15. The number of likely N-dealkylation sites (N-methyl/N-ethyl adjacent to an activating group) is 1. The number of carbonyl (C=O) groups is 2. The Hall–Kier alpha value is -3.07. The molecule has 1 atom stereocenters. The Balaban J connectivity index is 2.37. The number of ether oxygens (including phenoxy) is 1. The summed E-state index contributed by atoms with van der Waals surface area (Å²) in [4.78, 5) is 27.3. The standard InChI is InChI=1S/C23H31N3O5S/c1-5-21(23(28)24-3)25(16-18-10-8-7-9-11-18)22(27)17-26(32(4,29)30)19-12-14-20(15-13-19)31-6-2/h7-15,21H,5-6,16-17H2,1-4H3,(H,24,28). The van der Waals surface area contributed by atoms with Crippen LogP contribution in [0.15, 0.2) is 54.6 Å². The minimum Gasteiger partial charge on any atom is -0.494 e. The van der Waals surface area contributed by atoms with E-state index in [-0.39, 0.29) is 12.5 Å². The summed E-state index contributed by atoms with van der Waals surface area (Å²) in [6.07, 6.45) is 1.44. The number of hydrogen-bond acceptors (Lipinski definition) is 5. The highest BCUT2D eigenvalue weighted by Gasteiger charge is 2.31. The van der Waals surface area contributed by atoms with Crippen molar-refractivity contribution in [2.24, 2.45) is 0 Å². The molecular weight excluding hydrogens is 430 g/mol. The zero-order valence-electron chi connectivity index (χ0n) is 18.9. The quantitative estimate of drug-likeness (QED) is 0.554. The molecule has 9 heteroatoms. The Kier molecular flexibility index (Phi) is 9.07. The van der Waals surface area contributed by atoms with Crippen LogP contribution < -0.4 is 14.4 Å². The number of anilines is 1. The number of amides is 2. The highest BCUT2D eigenvalue weighted by Crippen LogP contribution is 2.22. The number of sulfonamides is 1. The van der Waals surface area contributed by atoms with Gasteiger partial charge in [0.1, 0.15) is 18.3 Å². The predicted molar refractivity (Wildman–Crippen MR) is 125 cm³/mol. The monoisotopic (exact) mass is 461 g/mol. The fraction of sp³-hybridized carbons (Fsp3) is 0.391. The number of nitrogens with zero attached hydrogens (tertiary/aromatic N) is 2. The van der Waals surface area contributed by atoms with Gasteiger partial charge in [0.05, 0.1) is 18.6 Å². The summed E-state index contributed by atoms with van der Waals surface area (Å²) in [6, 6.07) is 15.1. The third-order valence-corrected chi connectivity index (χ3v) is 6.08. The molecule has 0 spiro atoms. The second kappa shape index (κ2) is 11.5. The molecule has 0 aliphatic carbocycles. The number of carbonyl (C=O) groups excluding carboxylic acids is 2. The molecule has 0 fully saturated rings. The van der Waals surface area contributed by atoms with Gasteiger partial charge in [-0.15, -0.1) is 0 Å². The van der Waals surface area contributed by atoms with Gasteiger partial charge in [-0.05, 0) is 43.2 Å². The van der Waals surface area contributed by atoms with E-state index in [9.17, 15) is 18.0 Å². The SMILES string of the molecule is CCOc1ccc(N(CC(=O)N(Cc2ccccc2)C(CC)C(=O)NC)S(C)(=O)=O)cc1.